The van der Waals surface area contributed by atoms with Crippen LogP contribution in [0.1, 0.15) is 86.1 Å². The molecule has 4 rings (SSSR count). The largest absolute Gasteiger partial charge is 0.347 e. The number of urea groups is 1. The van der Waals surface area contributed by atoms with Crippen LogP contribution in [0.15, 0.2) is 30.3 Å². The van der Waals surface area contributed by atoms with Gasteiger partial charge in [0.15, 0.2) is 0 Å². The molecular formula is C33H47ClN6O6. The van der Waals surface area contributed by atoms with Gasteiger partial charge >= 0.3 is 6.03 Å². The molecule has 2 aliphatic heterocycles. The Morgan fingerprint density at radius 3 is 2.37 bits per heavy atom. The molecular weight excluding hydrogens is 612 g/mol. The van der Waals surface area contributed by atoms with Crippen LogP contribution < -0.4 is 26.7 Å². The Balaban J connectivity index is 1.65. The molecule has 0 bridgehead atoms. The van der Waals surface area contributed by atoms with Gasteiger partial charge in [0.2, 0.25) is 17.6 Å². The van der Waals surface area contributed by atoms with Crippen LogP contribution >= 0.6 is 11.6 Å². The van der Waals surface area contributed by atoms with E-state index in [0.717, 1.165) is 18.4 Å². The minimum Gasteiger partial charge on any atom is -0.347 e. The molecule has 0 unspecified atom stereocenters. The van der Waals surface area contributed by atoms with E-state index < -0.39 is 64.2 Å². The second-order valence-corrected chi connectivity index (χ2v) is 15.1. The van der Waals surface area contributed by atoms with Crippen molar-refractivity contribution in [1.82, 2.24) is 31.6 Å². The Morgan fingerprint density at radius 2 is 1.78 bits per heavy atom. The van der Waals surface area contributed by atoms with Crippen molar-refractivity contribution in [2.24, 2.45) is 5.41 Å². The van der Waals surface area contributed by atoms with Gasteiger partial charge in [-0.1, -0.05) is 57.8 Å². The lowest BCUT2D eigenvalue weighted by molar-refractivity contribution is -0.144. The quantitative estimate of drug-likeness (QED) is 0.242. The van der Waals surface area contributed by atoms with Gasteiger partial charge in [0.1, 0.15) is 17.7 Å². The van der Waals surface area contributed by atoms with Gasteiger partial charge in [-0.15, -0.1) is 0 Å². The summed E-state index contributed by atoms with van der Waals surface area (Å²) >= 11 is 6.22. The minimum atomic E-state index is -1.10. The number of amides is 5. The fourth-order valence-corrected chi connectivity index (χ4v) is 5.80. The van der Waals surface area contributed by atoms with Gasteiger partial charge in [0, 0.05) is 28.6 Å². The lowest BCUT2D eigenvalue weighted by Crippen LogP contribution is -2.61. The first kappa shape index (κ1) is 35.2. The number of nitrogens with zero attached hydrogens (tertiary/aromatic N) is 1. The number of hydrogen-bond donors (Lipinski definition) is 5. The van der Waals surface area contributed by atoms with Crippen LogP contribution in [0.5, 0.6) is 0 Å². The maximum absolute atomic E-state index is 14.4. The summed E-state index contributed by atoms with van der Waals surface area (Å²) in [5.74, 6) is -2.51. The maximum Gasteiger partial charge on any atom is 0.315 e. The molecule has 2 fully saturated rings. The van der Waals surface area contributed by atoms with E-state index in [2.05, 4.69) is 26.7 Å². The molecule has 5 N–H and O–H groups in total. The summed E-state index contributed by atoms with van der Waals surface area (Å²) in [6.45, 7) is 12.8. The van der Waals surface area contributed by atoms with Gasteiger partial charge in [0.25, 0.3) is 5.91 Å². The maximum atomic E-state index is 14.4. The molecule has 0 radical (unpaired) electrons. The molecule has 12 nitrogen and oxygen atoms in total. The van der Waals surface area contributed by atoms with E-state index >= 15 is 0 Å². The van der Waals surface area contributed by atoms with Crippen molar-refractivity contribution in [3.63, 3.8) is 0 Å². The van der Waals surface area contributed by atoms with Gasteiger partial charge in [-0.3, -0.25) is 29.5 Å². The predicted octanol–water partition coefficient (Wildman–Crippen LogP) is 3.20. The zero-order valence-corrected chi connectivity index (χ0v) is 28.5. The van der Waals surface area contributed by atoms with E-state index in [1.54, 1.807) is 18.2 Å². The fraction of sp³-hybridized carbons (Fsp3) is 0.606. The van der Waals surface area contributed by atoms with Crippen LogP contribution in [0.2, 0.25) is 5.02 Å². The summed E-state index contributed by atoms with van der Waals surface area (Å²) in [7, 11) is 0. The molecule has 1 saturated carbocycles. The molecule has 2 heterocycles. The number of rotatable bonds is 10. The summed E-state index contributed by atoms with van der Waals surface area (Å²) in [6.07, 6.45) is 4.33. The first-order valence-electron chi connectivity index (χ1n) is 15.9. The molecule has 3 aliphatic rings. The van der Waals surface area contributed by atoms with Crippen molar-refractivity contribution in [3.05, 3.63) is 40.9 Å². The Labute approximate surface area is 275 Å². The molecule has 1 aromatic rings. The summed E-state index contributed by atoms with van der Waals surface area (Å²) in [4.78, 5) is 74.6. The Kier molecular flexibility index (Phi) is 10.4. The van der Waals surface area contributed by atoms with Gasteiger partial charge < -0.3 is 26.2 Å². The predicted molar refractivity (Wildman–Crippen MR) is 174 cm³/mol. The molecule has 13 heteroatoms. The standard InChI is InChI=1S/C33H47ClN6O6/c1-8-10-22(25(41)28(43)35-21-13-14-21)36-27(42)24-17-33(16-23(39-46-33)19-11-9-12-20(34)15-19)18-40(24)29(44)26(31(2,3)4)37-30(45)38-32(5,6)7/h9,11-12,15-16,21-22,24,26,39H,8,10,13-14,17-18H2,1-7H3,(H,35,43)(H,36,42)(H2,37,38,45)/t22-,24-,26+,33+/m0/s1. The van der Waals surface area contributed by atoms with Crippen LogP contribution in [-0.4, -0.2) is 76.3 Å². The summed E-state index contributed by atoms with van der Waals surface area (Å²) in [5.41, 5.74) is 1.94. The first-order valence-corrected chi connectivity index (χ1v) is 16.3. The number of carbonyl (C=O) groups is 5. The number of likely N-dealkylation sites (tertiary alicyclic amines) is 1. The second kappa shape index (κ2) is 13.6. The Morgan fingerprint density at radius 1 is 1.09 bits per heavy atom. The van der Waals surface area contributed by atoms with Gasteiger partial charge in [-0.2, -0.15) is 0 Å². The molecule has 1 aliphatic carbocycles. The number of halogens is 1. The van der Waals surface area contributed by atoms with E-state index in [4.69, 9.17) is 16.4 Å². The number of carbonyl (C=O) groups excluding carboxylic acids is 5. The number of nitrogens with one attached hydrogen (secondary N) is 5. The lowest BCUT2D eigenvalue weighted by atomic mass is 9.85. The average molecular weight is 659 g/mol. The third kappa shape index (κ3) is 8.79. The first-order chi connectivity index (χ1) is 21.4. The van der Waals surface area contributed by atoms with Crippen LogP contribution in [0, 0.1) is 5.41 Å². The number of Topliss-reactive ketones (excluding diaryl/α,β-unsaturated/α-hetero) is 1. The van der Waals surface area contributed by atoms with Crippen molar-refractivity contribution in [2.45, 2.75) is 116 Å². The van der Waals surface area contributed by atoms with Crippen LogP contribution in [0.3, 0.4) is 0 Å². The zero-order chi connectivity index (χ0) is 34.0. The Hall–Kier alpha value is -3.64. The monoisotopic (exact) mass is 658 g/mol. The molecule has 1 aromatic carbocycles. The lowest BCUT2D eigenvalue weighted by Gasteiger charge is -2.36. The van der Waals surface area contributed by atoms with E-state index in [1.807, 2.05) is 60.6 Å². The molecule has 46 heavy (non-hydrogen) atoms. The van der Waals surface area contributed by atoms with Crippen molar-refractivity contribution >= 4 is 46.8 Å². The van der Waals surface area contributed by atoms with Crippen molar-refractivity contribution < 1.29 is 28.8 Å². The summed E-state index contributed by atoms with van der Waals surface area (Å²) in [5, 5.41) is 11.6. The van der Waals surface area contributed by atoms with Crippen molar-refractivity contribution in [1.29, 1.82) is 0 Å². The van der Waals surface area contributed by atoms with Gasteiger partial charge in [-0.05, 0) is 63.7 Å². The van der Waals surface area contributed by atoms with Crippen molar-refractivity contribution in [2.75, 3.05) is 6.54 Å². The summed E-state index contributed by atoms with van der Waals surface area (Å²) in [6, 6.07) is 3.51. The average Bonchev–Trinajstić information content (AvgIpc) is 3.54. The van der Waals surface area contributed by atoms with E-state index in [-0.39, 0.29) is 25.4 Å². The van der Waals surface area contributed by atoms with E-state index in [0.29, 0.717) is 17.1 Å². The Bertz CT molecular complexity index is 1400. The van der Waals surface area contributed by atoms with E-state index in [9.17, 15) is 24.0 Å². The molecule has 4 atom stereocenters. The summed E-state index contributed by atoms with van der Waals surface area (Å²) < 4.78 is 0. The highest BCUT2D eigenvalue weighted by Gasteiger charge is 2.54. The minimum absolute atomic E-state index is 0.00923. The molecule has 252 valence electrons. The SMILES string of the molecule is CCC[C@H](NC(=O)[C@@H]1C[C@]2(C=C(c3cccc(Cl)c3)NO2)CN1C(=O)[C@@H](NC(=O)NC(C)(C)C)C(C)(C)C)C(=O)C(=O)NC1CC1. The normalized spacial score (nSPS) is 22.4. The molecule has 0 aromatic heterocycles. The van der Waals surface area contributed by atoms with Gasteiger partial charge in [0.05, 0.1) is 18.3 Å². The molecule has 5 amide bonds. The molecule has 1 saturated heterocycles. The highest BCUT2D eigenvalue weighted by Crippen LogP contribution is 2.39. The van der Waals surface area contributed by atoms with Crippen LogP contribution in [0.4, 0.5) is 4.79 Å². The molecule has 1 spiro atoms. The topological polar surface area (TPSA) is 158 Å². The highest BCUT2D eigenvalue weighted by molar-refractivity contribution is 6.38. The van der Waals surface area contributed by atoms with Crippen LogP contribution in [0.25, 0.3) is 5.70 Å². The van der Waals surface area contributed by atoms with Crippen molar-refractivity contribution in [3.8, 4) is 0 Å². The van der Waals surface area contributed by atoms with Crippen LogP contribution in [-0.2, 0) is 24.0 Å². The number of benzene rings is 1. The number of ketones is 1. The smallest absolute Gasteiger partial charge is 0.315 e. The van der Waals surface area contributed by atoms with E-state index in [1.165, 1.54) is 4.90 Å². The third-order valence-electron chi connectivity index (χ3n) is 8.07. The third-order valence-corrected chi connectivity index (χ3v) is 8.30. The zero-order valence-electron chi connectivity index (χ0n) is 27.7. The fourth-order valence-electron chi connectivity index (χ4n) is 5.61. The number of hydrogen-bond acceptors (Lipinski definition) is 7. The second-order valence-electron chi connectivity index (χ2n) is 14.6. The highest BCUT2D eigenvalue weighted by atomic mass is 35.5. The van der Waals surface area contributed by atoms with Gasteiger partial charge in [-0.25, -0.2) is 4.79 Å². The number of hydroxylamine groups is 1.